The second-order valence-electron chi connectivity index (χ2n) is 7.07. The van der Waals surface area contributed by atoms with Gasteiger partial charge in [-0.2, -0.15) is 9.50 Å². The second-order valence-corrected chi connectivity index (χ2v) is 8.02. The fourth-order valence-corrected chi connectivity index (χ4v) is 4.30. The van der Waals surface area contributed by atoms with Crippen molar-refractivity contribution in [2.24, 2.45) is 0 Å². The van der Waals surface area contributed by atoms with Crippen LogP contribution in [0.25, 0.3) is 17.0 Å². The Morgan fingerprint density at radius 2 is 1.83 bits per heavy atom. The van der Waals surface area contributed by atoms with Gasteiger partial charge in [0.15, 0.2) is 0 Å². The van der Waals surface area contributed by atoms with Crippen LogP contribution in [0.2, 0.25) is 0 Å². The zero-order valence-electron chi connectivity index (χ0n) is 16.2. The van der Waals surface area contributed by atoms with Gasteiger partial charge in [-0.15, -0.1) is 5.10 Å². The van der Waals surface area contributed by atoms with E-state index in [9.17, 15) is 0 Å². The Bertz CT molecular complexity index is 1140. The number of anilines is 1. The molecular weight excluding hydrogens is 382 g/mol. The summed E-state index contributed by atoms with van der Waals surface area (Å²) in [6, 6.07) is 12.3. The van der Waals surface area contributed by atoms with Gasteiger partial charge < -0.3 is 4.90 Å². The summed E-state index contributed by atoms with van der Waals surface area (Å²) < 4.78 is 1.81. The van der Waals surface area contributed by atoms with Crippen LogP contribution in [0.3, 0.4) is 0 Å². The third-order valence-corrected chi connectivity index (χ3v) is 6.01. The van der Waals surface area contributed by atoms with Crippen molar-refractivity contribution in [3.63, 3.8) is 0 Å². The van der Waals surface area contributed by atoms with Crippen LogP contribution in [0.15, 0.2) is 53.9 Å². The molecule has 0 spiro atoms. The molecule has 4 aromatic rings. The molecule has 1 aromatic carbocycles. The normalized spacial score (nSPS) is 14.0. The summed E-state index contributed by atoms with van der Waals surface area (Å²) in [5.41, 5.74) is 4.03. The molecule has 1 aliphatic heterocycles. The van der Waals surface area contributed by atoms with E-state index >= 15 is 0 Å². The quantitative estimate of drug-likeness (QED) is 0.470. The van der Waals surface area contributed by atoms with Gasteiger partial charge in [-0.1, -0.05) is 42.1 Å². The van der Waals surface area contributed by atoms with E-state index in [1.54, 1.807) is 16.3 Å². The fourth-order valence-electron chi connectivity index (χ4n) is 3.53. The monoisotopic (exact) mass is 403 g/mol. The Morgan fingerprint density at radius 3 is 2.66 bits per heavy atom. The van der Waals surface area contributed by atoms with Gasteiger partial charge in [0.1, 0.15) is 0 Å². The first-order valence-electron chi connectivity index (χ1n) is 9.75. The summed E-state index contributed by atoms with van der Waals surface area (Å²) in [6.45, 7) is 4.07. The third kappa shape index (κ3) is 3.67. The molecule has 1 fully saturated rings. The lowest BCUT2D eigenvalue weighted by atomic mass is 10.2. The Morgan fingerprint density at radius 1 is 1.00 bits per heavy atom. The van der Waals surface area contributed by atoms with Gasteiger partial charge in [0, 0.05) is 36.8 Å². The molecule has 0 atom stereocenters. The summed E-state index contributed by atoms with van der Waals surface area (Å²) in [4.78, 5) is 20.6. The zero-order valence-corrected chi connectivity index (χ0v) is 17.0. The molecule has 0 radical (unpaired) electrons. The van der Waals surface area contributed by atoms with E-state index in [-0.39, 0.29) is 0 Å². The molecule has 0 bridgehead atoms. The van der Waals surface area contributed by atoms with Gasteiger partial charge in [0.2, 0.25) is 11.1 Å². The van der Waals surface area contributed by atoms with Crippen LogP contribution in [0.1, 0.15) is 24.1 Å². The van der Waals surface area contributed by atoms with E-state index in [0.717, 1.165) is 46.9 Å². The summed E-state index contributed by atoms with van der Waals surface area (Å²) in [6.07, 6.45) is 6.05. The molecule has 1 saturated heterocycles. The summed E-state index contributed by atoms with van der Waals surface area (Å²) >= 11 is 1.61. The van der Waals surface area contributed by atoms with Crippen molar-refractivity contribution in [2.75, 3.05) is 18.0 Å². The maximum Gasteiger partial charge on any atom is 0.253 e. The van der Waals surface area contributed by atoms with Crippen molar-refractivity contribution < 1.29 is 0 Å². The molecule has 0 unspecified atom stereocenters. The maximum atomic E-state index is 4.78. The number of hydrogen-bond acceptors (Lipinski definition) is 7. The molecule has 5 rings (SSSR count). The van der Waals surface area contributed by atoms with Crippen molar-refractivity contribution in [1.29, 1.82) is 0 Å². The first-order valence-corrected chi connectivity index (χ1v) is 10.7. The molecule has 29 heavy (non-hydrogen) atoms. The molecule has 0 aliphatic carbocycles. The van der Waals surface area contributed by atoms with Crippen molar-refractivity contribution in [3.8, 4) is 11.3 Å². The fraction of sp³-hybridized carbons (Fsp3) is 0.286. The number of aromatic nitrogens is 6. The van der Waals surface area contributed by atoms with Crippen LogP contribution in [0, 0.1) is 6.92 Å². The topological polar surface area (TPSA) is 72.1 Å². The molecular formula is C21H21N7S. The third-order valence-electron chi connectivity index (χ3n) is 5.11. The molecule has 7 nitrogen and oxygen atoms in total. The molecule has 0 N–H and O–H groups in total. The van der Waals surface area contributed by atoms with Gasteiger partial charge >= 0.3 is 0 Å². The molecule has 4 heterocycles. The molecule has 1 aliphatic rings. The van der Waals surface area contributed by atoms with E-state index in [2.05, 4.69) is 37.1 Å². The maximum absolute atomic E-state index is 4.78. The first kappa shape index (κ1) is 18.1. The number of thioether (sulfide) groups is 1. The van der Waals surface area contributed by atoms with Crippen molar-refractivity contribution in [3.05, 3.63) is 60.0 Å². The van der Waals surface area contributed by atoms with Gasteiger partial charge in [-0.25, -0.2) is 15.0 Å². The van der Waals surface area contributed by atoms with Crippen molar-refractivity contribution in [1.82, 2.24) is 29.5 Å². The van der Waals surface area contributed by atoms with Gasteiger partial charge in [-0.3, -0.25) is 0 Å². The zero-order chi connectivity index (χ0) is 19.6. The highest BCUT2D eigenvalue weighted by molar-refractivity contribution is 7.98. The van der Waals surface area contributed by atoms with Crippen LogP contribution < -0.4 is 4.90 Å². The Labute approximate surface area is 173 Å². The van der Waals surface area contributed by atoms with Gasteiger partial charge in [0.05, 0.1) is 11.4 Å². The first-order chi connectivity index (χ1) is 14.3. The number of aryl methyl sites for hydroxylation is 1. The number of benzene rings is 1. The average Bonchev–Trinajstić information content (AvgIpc) is 3.44. The van der Waals surface area contributed by atoms with Crippen LogP contribution in [0.5, 0.6) is 0 Å². The highest BCUT2D eigenvalue weighted by Crippen LogP contribution is 2.25. The smallest absolute Gasteiger partial charge is 0.253 e. The highest BCUT2D eigenvalue weighted by atomic mass is 32.2. The van der Waals surface area contributed by atoms with E-state index in [0.29, 0.717) is 5.78 Å². The second kappa shape index (κ2) is 7.79. The molecule has 146 valence electrons. The Hall–Kier alpha value is -3.00. The Balaban J connectivity index is 1.43. The minimum atomic E-state index is 0.607. The minimum Gasteiger partial charge on any atom is -0.341 e. The lowest BCUT2D eigenvalue weighted by molar-refractivity contribution is 0.847. The number of fused-ring (bicyclic) bond motifs is 1. The predicted molar refractivity (Wildman–Crippen MR) is 114 cm³/mol. The van der Waals surface area contributed by atoms with Crippen molar-refractivity contribution >= 4 is 23.5 Å². The largest absolute Gasteiger partial charge is 0.341 e. The van der Waals surface area contributed by atoms with E-state index in [4.69, 9.17) is 4.98 Å². The lowest BCUT2D eigenvalue weighted by Crippen LogP contribution is -2.20. The average molecular weight is 404 g/mol. The number of hydrogen-bond donors (Lipinski definition) is 0. The van der Waals surface area contributed by atoms with Gasteiger partial charge in [0.25, 0.3) is 5.78 Å². The SMILES string of the molecule is Cc1c(-c2ccnc(N3CCCC3)n2)cnc2nc(SCc3ccccc3)nn12. The van der Waals surface area contributed by atoms with Gasteiger partial charge in [-0.05, 0) is 31.4 Å². The lowest BCUT2D eigenvalue weighted by Gasteiger charge is -2.15. The van der Waals surface area contributed by atoms with E-state index < -0.39 is 0 Å². The van der Waals surface area contributed by atoms with Crippen molar-refractivity contribution in [2.45, 2.75) is 30.7 Å². The molecule has 8 heteroatoms. The summed E-state index contributed by atoms with van der Waals surface area (Å²) in [5, 5.41) is 5.39. The molecule has 3 aromatic heterocycles. The van der Waals surface area contributed by atoms with Crippen LogP contribution >= 0.6 is 11.8 Å². The number of rotatable bonds is 5. The van der Waals surface area contributed by atoms with E-state index in [1.165, 1.54) is 18.4 Å². The highest BCUT2D eigenvalue weighted by Gasteiger charge is 2.17. The minimum absolute atomic E-state index is 0.607. The number of nitrogens with zero attached hydrogens (tertiary/aromatic N) is 7. The van der Waals surface area contributed by atoms with Crippen LogP contribution in [-0.4, -0.2) is 42.6 Å². The summed E-state index contributed by atoms with van der Waals surface area (Å²) in [7, 11) is 0. The standard InChI is InChI=1S/C21H21N7S/c1-15-17(18-9-10-22-19(24-18)27-11-5-6-12-27)13-23-20-25-21(26-28(15)20)29-14-16-7-3-2-4-8-16/h2-4,7-10,13H,5-6,11-12,14H2,1H3. The van der Waals surface area contributed by atoms with Crippen LogP contribution in [-0.2, 0) is 5.75 Å². The molecule has 0 saturated carbocycles. The predicted octanol–water partition coefficient (Wildman–Crippen LogP) is 3.78. The van der Waals surface area contributed by atoms with E-state index in [1.807, 2.05) is 43.6 Å². The van der Waals surface area contributed by atoms with Crippen LogP contribution in [0.4, 0.5) is 5.95 Å². The Kier molecular flexibility index (Phi) is 4.85. The molecule has 0 amide bonds. The summed E-state index contributed by atoms with van der Waals surface area (Å²) in [5.74, 6) is 2.22.